The Morgan fingerprint density at radius 1 is 1.35 bits per heavy atom. The number of hydrogen-bond acceptors (Lipinski definition) is 5. The average Bonchev–Trinajstić information content (AvgIpc) is 2.97. The number of aromatic nitrogens is 1. The van der Waals surface area contributed by atoms with E-state index in [1.54, 1.807) is 0 Å². The first-order valence-corrected chi connectivity index (χ1v) is 9.18. The molecule has 23 heavy (non-hydrogen) atoms. The van der Waals surface area contributed by atoms with Crippen molar-refractivity contribution in [3.63, 3.8) is 0 Å². The van der Waals surface area contributed by atoms with Crippen LogP contribution < -0.4 is 5.32 Å². The number of piperidine rings is 1. The number of thiazole rings is 1. The molecule has 2 amide bonds. The first-order valence-electron chi connectivity index (χ1n) is 8.36. The number of hydrogen-bond donors (Lipinski definition) is 2. The first-order chi connectivity index (χ1) is 11.1. The second-order valence-electron chi connectivity index (χ2n) is 6.30. The van der Waals surface area contributed by atoms with E-state index >= 15 is 0 Å². The van der Waals surface area contributed by atoms with Crippen LogP contribution in [-0.4, -0.2) is 46.0 Å². The summed E-state index contributed by atoms with van der Waals surface area (Å²) in [7, 11) is 0. The normalized spacial score (nSPS) is 21.8. The summed E-state index contributed by atoms with van der Waals surface area (Å²) < 4.78 is 0. The molecule has 1 unspecified atom stereocenters. The van der Waals surface area contributed by atoms with Crippen LogP contribution in [0.3, 0.4) is 0 Å². The fraction of sp³-hybridized carbons (Fsp3) is 0.688. The molecule has 7 heteroatoms. The molecule has 0 radical (unpaired) electrons. The van der Waals surface area contributed by atoms with Crippen LogP contribution in [0.15, 0.2) is 0 Å². The lowest BCUT2D eigenvalue weighted by molar-refractivity contribution is -0.144. The number of amides is 2. The summed E-state index contributed by atoms with van der Waals surface area (Å²) >= 11 is 1.49. The summed E-state index contributed by atoms with van der Waals surface area (Å²) in [5.74, 6) is -0.683. The maximum absolute atomic E-state index is 12.2. The van der Waals surface area contributed by atoms with Gasteiger partial charge in [-0.15, -0.1) is 11.3 Å². The third-order valence-electron chi connectivity index (χ3n) is 4.73. The van der Waals surface area contributed by atoms with Crippen molar-refractivity contribution in [1.29, 1.82) is 0 Å². The van der Waals surface area contributed by atoms with Gasteiger partial charge in [-0.25, -0.2) is 4.98 Å². The number of aryl methyl sites for hydroxylation is 1. The van der Waals surface area contributed by atoms with Crippen molar-refractivity contribution in [2.24, 2.45) is 0 Å². The molecule has 6 nitrogen and oxygen atoms in total. The summed E-state index contributed by atoms with van der Waals surface area (Å²) in [6.07, 6.45) is 5.08. The SMILES string of the molecule is CCC1CCCc2sc(NC(=O)C(=O)N3CCC(O)CC3)nc21. The quantitative estimate of drug-likeness (QED) is 0.808. The van der Waals surface area contributed by atoms with E-state index in [9.17, 15) is 14.7 Å². The van der Waals surface area contributed by atoms with Crippen LogP contribution in [0.4, 0.5) is 5.13 Å². The molecule has 1 aliphatic heterocycles. The molecular formula is C16H23N3O3S. The summed E-state index contributed by atoms with van der Waals surface area (Å²) in [5, 5.41) is 12.7. The molecule has 0 saturated carbocycles. The number of carbonyl (C=O) groups is 2. The molecule has 2 heterocycles. The number of fused-ring (bicyclic) bond motifs is 1. The minimum atomic E-state index is -0.625. The second-order valence-corrected chi connectivity index (χ2v) is 7.39. The highest BCUT2D eigenvalue weighted by molar-refractivity contribution is 7.16. The van der Waals surface area contributed by atoms with E-state index in [-0.39, 0.29) is 6.10 Å². The molecule has 3 rings (SSSR count). The van der Waals surface area contributed by atoms with Gasteiger partial charge in [0.1, 0.15) is 0 Å². The van der Waals surface area contributed by atoms with Crippen LogP contribution in [0, 0.1) is 0 Å². The predicted molar refractivity (Wildman–Crippen MR) is 88.5 cm³/mol. The first kappa shape index (κ1) is 16.4. The molecule has 1 aromatic heterocycles. The Morgan fingerprint density at radius 3 is 2.78 bits per heavy atom. The number of aliphatic hydroxyl groups is 1. The van der Waals surface area contributed by atoms with E-state index in [1.165, 1.54) is 21.1 Å². The lowest BCUT2D eigenvalue weighted by Gasteiger charge is -2.28. The van der Waals surface area contributed by atoms with Gasteiger partial charge < -0.3 is 10.0 Å². The zero-order valence-electron chi connectivity index (χ0n) is 13.4. The third kappa shape index (κ3) is 3.55. The van der Waals surface area contributed by atoms with Crippen molar-refractivity contribution in [2.75, 3.05) is 18.4 Å². The van der Waals surface area contributed by atoms with E-state index in [4.69, 9.17) is 0 Å². The fourth-order valence-electron chi connectivity index (χ4n) is 3.32. The van der Waals surface area contributed by atoms with Gasteiger partial charge in [-0.1, -0.05) is 6.92 Å². The molecule has 1 aromatic rings. The average molecular weight is 337 g/mol. The summed E-state index contributed by atoms with van der Waals surface area (Å²) in [6.45, 7) is 3.02. The highest BCUT2D eigenvalue weighted by atomic mass is 32.1. The zero-order valence-corrected chi connectivity index (χ0v) is 14.2. The van der Waals surface area contributed by atoms with E-state index in [1.807, 2.05) is 0 Å². The molecule has 1 aliphatic carbocycles. The van der Waals surface area contributed by atoms with Crippen LogP contribution in [0.2, 0.25) is 0 Å². The van der Waals surface area contributed by atoms with Gasteiger partial charge in [0.05, 0.1) is 11.8 Å². The van der Waals surface area contributed by atoms with E-state index in [0.29, 0.717) is 37.0 Å². The predicted octanol–water partition coefficient (Wildman–Crippen LogP) is 1.89. The summed E-state index contributed by atoms with van der Waals surface area (Å²) in [4.78, 5) is 31.6. The highest BCUT2D eigenvalue weighted by Crippen LogP contribution is 2.38. The van der Waals surface area contributed by atoms with Crippen molar-refractivity contribution in [2.45, 2.75) is 57.5 Å². The maximum atomic E-state index is 12.2. The van der Waals surface area contributed by atoms with Crippen molar-refractivity contribution < 1.29 is 14.7 Å². The van der Waals surface area contributed by atoms with Gasteiger partial charge in [0.25, 0.3) is 0 Å². The van der Waals surface area contributed by atoms with Crippen LogP contribution in [0.5, 0.6) is 0 Å². The van der Waals surface area contributed by atoms with Gasteiger partial charge in [-0.05, 0) is 38.5 Å². The van der Waals surface area contributed by atoms with Crippen molar-refractivity contribution in [3.05, 3.63) is 10.6 Å². The molecule has 0 aromatic carbocycles. The number of aliphatic hydroxyl groups excluding tert-OH is 1. The molecule has 0 bridgehead atoms. The Morgan fingerprint density at radius 2 is 2.09 bits per heavy atom. The topological polar surface area (TPSA) is 82.5 Å². The Labute approximate surface area is 139 Å². The molecule has 126 valence electrons. The van der Waals surface area contributed by atoms with Crippen LogP contribution in [0.1, 0.15) is 55.5 Å². The Kier molecular flexibility index (Phi) is 4.96. The van der Waals surface area contributed by atoms with Gasteiger partial charge in [0, 0.05) is 23.9 Å². The lowest BCUT2D eigenvalue weighted by atomic mass is 9.89. The third-order valence-corrected chi connectivity index (χ3v) is 5.78. The Balaban J connectivity index is 1.64. The highest BCUT2D eigenvalue weighted by Gasteiger charge is 2.28. The number of likely N-dealkylation sites (tertiary alicyclic amines) is 1. The number of anilines is 1. The Bertz CT molecular complexity index is 593. The molecular weight excluding hydrogens is 314 g/mol. The smallest absolute Gasteiger partial charge is 0.315 e. The minimum Gasteiger partial charge on any atom is -0.393 e. The number of carbonyl (C=O) groups excluding carboxylic acids is 2. The molecule has 2 N–H and O–H groups in total. The molecule has 0 spiro atoms. The van der Waals surface area contributed by atoms with Crippen LogP contribution in [0.25, 0.3) is 0 Å². The van der Waals surface area contributed by atoms with Crippen LogP contribution in [-0.2, 0) is 16.0 Å². The molecule has 1 atom stereocenters. The number of nitrogens with one attached hydrogen (secondary N) is 1. The maximum Gasteiger partial charge on any atom is 0.315 e. The summed E-state index contributed by atoms with van der Waals surface area (Å²) in [6, 6.07) is 0. The van der Waals surface area contributed by atoms with Crippen molar-refractivity contribution in [3.8, 4) is 0 Å². The number of rotatable bonds is 2. The standard InChI is InChI=1S/C16H23N3O3S/c1-2-10-4-3-5-12-13(10)17-16(23-12)18-14(21)15(22)19-8-6-11(20)7-9-19/h10-11,20H,2-9H2,1H3,(H,17,18,21). The Hall–Kier alpha value is -1.47. The molecule has 2 aliphatic rings. The monoisotopic (exact) mass is 337 g/mol. The lowest BCUT2D eigenvalue weighted by Crippen LogP contribution is -2.45. The fourth-order valence-corrected chi connectivity index (χ4v) is 4.41. The minimum absolute atomic E-state index is 0.362. The number of nitrogens with zero attached hydrogens (tertiary/aromatic N) is 2. The van der Waals surface area contributed by atoms with Gasteiger partial charge in [-0.2, -0.15) is 0 Å². The van der Waals surface area contributed by atoms with E-state index < -0.39 is 11.8 Å². The van der Waals surface area contributed by atoms with Crippen LogP contribution >= 0.6 is 11.3 Å². The van der Waals surface area contributed by atoms with Gasteiger partial charge in [-0.3, -0.25) is 14.9 Å². The van der Waals surface area contributed by atoms with Gasteiger partial charge >= 0.3 is 11.8 Å². The van der Waals surface area contributed by atoms with E-state index in [0.717, 1.165) is 31.4 Å². The van der Waals surface area contributed by atoms with Crippen molar-refractivity contribution in [1.82, 2.24) is 9.88 Å². The second kappa shape index (κ2) is 6.97. The molecule has 1 fully saturated rings. The van der Waals surface area contributed by atoms with E-state index in [2.05, 4.69) is 17.2 Å². The largest absolute Gasteiger partial charge is 0.393 e. The zero-order chi connectivity index (χ0) is 16.4. The van der Waals surface area contributed by atoms with Gasteiger partial charge in [0.2, 0.25) is 0 Å². The molecule has 1 saturated heterocycles. The van der Waals surface area contributed by atoms with Gasteiger partial charge in [0.15, 0.2) is 5.13 Å². The van der Waals surface area contributed by atoms with Crippen molar-refractivity contribution >= 4 is 28.3 Å². The summed E-state index contributed by atoms with van der Waals surface area (Å²) in [5.41, 5.74) is 1.10.